The monoisotopic (exact) mass is 493 g/mol. The number of carbonyl (C=O) groups excluding carboxylic acids is 1. The van der Waals surface area contributed by atoms with Crippen LogP contribution >= 0.6 is 11.6 Å². The number of amides is 1. The van der Waals surface area contributed by atoms with Gasteiger partial charge in [0.2, 0.25) is 0 Å². The van der Waals surface area contributed by atoms with E-state index in [9.17, 15) is 14.7 Å². The second kappa shape index (κ2) is 10.7. The molecule has 9 heteroatoms. The molecule has 0 radical (unpaired) electrons. The number of benzene rings is 2. The fourth-order valence-electron chi connectivity index (χ4n) is 3.81. The van der Waals surface area contributed by atoms with E-state index in [-0.39, 0.29) is 11.3 Å². The number of aromatic nitrogens is 2. The zero-order valence-corrected chi connectivity index (χ0v) is 20.0. The van der Waals surface area contributed by atoms with Gasteiger partial charge < -0.3 is 24.0 Å². The average molecular weight is 494 g/mol. The Balaban J connectivity index is 1.78. The largest absolute Gasteiger partial charge is 0.466 e. The summed E-state index contributed by atoms with van der Waals surface area (Å²) in [5.41, 5.74) is 0.834. The number of anilines is 1. The topological polar surface area (TPSA) is 93.9 Å². The van der Waals surface area contributed by atoms with Gasteiger partial charge in [0.05, 0.1) is 15.9 Å². The van der Waals surface area contributed by atoms with Crippen molar-refractivity contribution in [3.8, 4) is 5.75 Å². The molecule has 4 rings (SSSR count). The Hall–Kier alpha value is -3.72. The second-order valence-electron chi connectivity index (χ2n) is 7.65. The molecular formula is C26H24ClN3O5. The molecule has 0 spiro atoms. The summed E-state index contributed by atoms with van der Waals surface area (Å²) < 4.78 is 12.6. The molecule has 0 fully saturated rings. The third-order valence-corrected chi connectivity index (χ3v) is 5.88. The van der Waals surface area contributed by atoms with Crippen molar-refractivity contribution in [2.75, 3.05) is 18.2 Å². The van der Waals surface area contributed by atoms with Crippen molar-refractivity contribution in [2.45, 2.75) is 13.2 Å². The zero-order valence-electron chi connectivity index (χ0n) is 19.2. The number of aryl methyl sites for hydroxylation is 1. The van der Waals surface area contributed by atoms with Crippen LogP contribution < -0.4 is 15.2 Å². The summed E-state index contributed by atoms with van der Waals surface area (Å²) in [4.78, 5) is 32.6. The van der Waals surface area contributed by atoms with Gasteiger partial charge in [0.15, 0.2) is 18.8 Å². The van der Waals surface area contributed by atoms with Gasteiger partial charge in [0.25, 0.3) is 11.5 Å². The van der Waals surface area contributed by atoms with Gasteiger partial charge in [0.1, 0.15) is 5.56 Å². The summed E-state index contributed by atoms with van der Waals surface area (Å²) in [7, 11) is 1.57. The number of carbonyl (C=O) groups is 1. The molecule has 1 atom stereocenters. The maximum atomic E-state index is 13.7. The highest BCUT2D eigenvalue weighted by molar-refractivity contribution is 6.36. The highest BCUT2D eigenvalue weighted by Crippen LogP contribution is 2.34. The van der Waals surface area contributed by atoms with Crippen molar-refractivity contribution in [2.24, 2.45) is 7.05 Å². The molecular weight excluding hydrogens is 470 g/mol. The molecule has 1 amide bonds. The van der Waals surface area contributed by atoms with Gasteiger partial charge in [-0.15, -0.1) is 0 Å². The predicted octanol–water partition coefficient (Wildman–Crippen LogP) is 4.30. The first-order chi connectivity index (χ1) is 16.9. The van der Waals surface area contributed by atoms with Gasteiger partial charge in [0, 0.05) is 37.2 Å². The van der Waals surface area contributed by atoms with E-state index < -0.39 is 24.5 Å². The van der Waals surface area contributed by atoms with Crippen LogP contribution in [-0.4, -0.2) is 33.9 Å². The van der Waals surface area contributed by atoms with Gasteiger partial charge in [-0.1, -0.05) is 41.9 Å². The molecule has 0 bridgehead atoms. The Labute approximate surface area is 206 Å². The summed E-state index contributed by atoms with van der Waals surface area (Å²) >= 11 is 6.51. The maximum Gasteiger partial charge on any atom is 0.267 e. The molecule has 0 aliphatic heterocycles. The number of pyridine rings is 2. The van der Waals surface area contributed by atoms with E-state index in [4.69, 9.17) is 21.1 Å². The van der Waals surface area contributed by atoms with Crippen LogP contribution in [0.1, 0.15) is 29.1 Å². The summed E-state index contributed by atoms with van der Waals surface area (Å²) in [5.74, 6) is -0.546. The lowest BCUT2D eigenvalue weighted by Gasteiger charge is -2.24. The second-order valence-corrected chi connectivity index (χ2v) is 8.06. The van der Waals surface area contributed by atoms with E-state index in [1.165, 1.54) is 15.7 Å². The van der Waals surface area contributed by atoms with Crippen molar-refractivity contribution in [1.82, 2.24) is 9.55 Å². The number of fused-ring (bicyclic) bond motifs is 1. The predicted molar refractivity (Wildman–Crippen MR) is 134 cm³/mol. The van der Waals surface area contributed by atoms with Gasteiger partial charge >= 0.3 is 0 Å². The lowest BCUT2D eigenvalue weighted by Crippen LogP contribution is -2.37. The smallest absolute Gasteiger partial charge is 0.267 e. The SMILES string of the molecule is CCN(C(=O)c1c(OCOC(O)c2cccnc2)c2c(Cl)cccc2n(C)c1=O)c1ccccc1. The Morgan fingerprint density at radius 1 is 1.14 bits per heavy atom. The van der Waals surface area contributed by atoms with Crippen molar-refractivity contribution >= 4 is 34.1 Å². The molecule has 35 heavy (non-hydrogen) atoms. The summed E-state index contributed by atoms with van der Waals surface area (Å²) in [5, 5.41) is 11.0. The fraction of sp³-hybridized carbons (Fsp3) is 0.192. The zero-order chi connectivity index (χ0) is 24.9. The molecule has 0 aliphatic rings. The Bertz CT molecular complexity index is 1390. The minimum Gasteiger partial charge on any atom is -0.466 e. The normalized spacial score (nSPS) is 11.9. The summed E-state index contributed by atoms with van der Waals surface area (Å²) in [6, 6.07) is 17.4. The van der Waals surface area contributed by atoms with E-state index in [1.54, 1.807) is 55.7 Å². The maximum absolute atomic E-state index is 13.7. The molecule has 2 aromatic heterocycles. The van der Waals surface area contributed by atoms with Crippen molar-refractivity contribution in [1.29, 1.82) is 0 Å². The number of ether oxygens (including phenoxy) is 2. The lowest BCUT2D eigenvalue weighted by molar-refractivity contribution is -0.146. The van der Waals surface area contributed by atoms with Crippen LogP contribution in [0.3, 0.4) is 0 Å². The highest BCUT2D eigenvalue weighted by atomic mass is 35.5. The molecule has 1 unspecified atom stereocenters. The van der Waals surface area contributed by atoms with Crippen molar-refractivity contribution < 1.29 is 19.4 Å². The number of hydrogen-bond donors (Lipinski definition) is 1. The Kier molecular flexibility index (Phi) is 7.45. The first kappa shape index (κ1) is 24.4. The first-order valence-electron chi connectivity index (χ1n) is 10.9. The van der Waals surface area contributed by atoms with Gasteiger partial charge in [-0.05, 0) is 37.3 Å². The van der Waals surface area contributed by atoms with Gasteiger partial charge in [-0.3, -0.25) is 14.6 Å². The van der Waals surface area contributed by atoms with Crippen LogP contribution in [0, 0.1) is 0 Å². The number of halogens is 1. The summed E-state index contributed by atoms with van der Waals surface area (Å²) in [6.07, 6.45) is 1.72. The minimum atomic E-state index is -1.31. The van der Waals surface area contributed by atoms with Crippen LogP contribution in [0.2, 0.25) is 5.02 Å². The van der Waals surface area contributed by atoms with Crippen LogP contribution in [0.15, 0.2) is 77.9 Å². The van der Waals surface area contributed by atoms with Crippen LogP contribution in [0.5, 0.6) is 5.75 Å². The molecule has 4 aromatic rings. The molecule has 1 N–H and O–H groups in total. The van der Waals surface area contributed by atoms with E-state index in [0.29, 0.717) is 33.7 Å². The summed E-state index contributed by atoms with van der Waals surface area (Å²) in [6.45, 7) is 1.70. The van der Waals surface area contributed by atoms with E-state index >= 15 is 0 Å². The molecule has 2 heterocycles. The van der Waals surface area contributed by atoms with E-state index in [1.807, 2.05) is 25.1 Å². The van der Waals surface area contributed by atoms with Crippen molar-refractivity contribution in [3.63, 3.8) is 0 Å². The number of nitrogens with zero attached hydrogens (tertiary/aromatic N) is 3. The van der Waals surface area contributed by atoms with Crippen LogP contribution in [0.25, 0.3) is 10.9 Å². The number of para-hydroxylation sites is 1. The average Bonchev–Trinajstić information content (AvgIpc) is 2.88. The number of aliphatic hydroxyl groups excluding tert-OH is 1. The Morgan fingerprint density at radius 3 is 2.60 bits per heavy atom. The van der Waals surface area contributed by atoms with E-state index in [2.05, 4.69) is 4.98 Å². The third-order valence-electron chi connectivity index (χ3n) is 5.57. The number of aliphatic hydroxyl groups is 1. The van der Waals surface area contributed by atoms with Crippen molar-refractivity contribution in [3.05, 3.63) is 99.6 Å². The van der Waals surface area contributed by atoms with Crippen LogP contribution in [0.4, 0.5) is 5.69 Å². The number of rotatable bonds is 8. The third kappa shape index (κ3) is 4.90. The molecule has 2 aromatic carbocycles. The fourth-order valence-corrected chi connectivity index (χ4v) is 4.07. The molecule has 0 aliphatic carbocycles. The molecule has 180 valence electrons. The molecule has 8 nitrogen and oxygen atoms in total. The lowest BCUT2D eigenvalue weighted by atomic mass is 10.1. The molecule has 0 saturated carbocycles. The van der Waals surface area contributed by atoms with E-state index in [0.717, 1.165) is 0 Å². The highest BCUT2D eigenvalue weighted by Gasteiger charge is 2.28. The minimum absolute atomic E-state index is 0.00790. The Morgan fingerprint density at radius 2 is 1.91 bits per heavy atom. The van der Waals surface area contributed by atoms with Crippen LogP contribution in [-0.2, 0) is 11.8 Å². The van der Waals surface area contributed by atoms with Gasteiger partial charge in [-0.25, -0.2) is 0 Å². The standard InChI is InChI=1S/C26H24ClN3O5/c1-3-30(18-10-5-4-6-11-18)25(32)22-23(34-16-35-26(33)17-9-8-14-28-15-17)21-19(27)12-7-13-20(21)29(2)24(22)31/h4-15,26,33H,3,16H2,1-2H3. The quantitative estimate of drug-likeness (QED) is 0.368. The molecule has 0 saturated heterocycles. The number of hydrogen-bond acceptors (Lipinski definition) is 6. The van der Waals surface area contributed by atoms with Gasteiger partial charge in [-0.2, -0.15) is 0 Å². The first-order valence-corrected chi connectivity index (χ1v) is 11.3.